The molecule has 0 bridgehead atoms. The van der Waals surface area contributed by atoms with Crippen molar-refractivity contribution in [3.05, 3.63) is 114 Å². The Kier molecular flexibility index (Phi) is 6.69. The van der Waals surface area contributed by atoms with Crippen LogP contribution in [0.15, 0.2) is 102 Å². The molecule has 4 aromatic carbocycles. The van der Waals surface area contributed by atoms with Crippen LogP contribution in [-0.2, 0) is 5.41 Å². The lowest BCUT2D eigenvalue weighted by Gasteiger charge is -2.24. The van der Waals surface area contributed by atoms with Gasteiger partial charge in [-0.1, -0.05) is 109 Å². The zero-order valence-electron chi connectivity index (χ0n) is 26.6. The Bertz CT molecular complexity index is 2130. The van der Waals surface area contributed by atoms with Crippen molar-refractivity contribution in [2.45, 2.75) is 65.7 Å². The van der Waals surface area contributed by atoms with E-state index < -0.39 is 0 Å². The fourth-order valence-corrected chi connectivity index (χ4v) is 6.31. The molecule has 0 saturated heterocycles. The molecule has 0 aliphatic rings. The Morgan fingerprint density at radius 3 is 2.05 bits per heavy atom. The normalized spacial score (nSPS) is 12.4. The molecule has 0 atom stereocenters. The first-order chi connectivity index (χ1) is 21.1. The summed E-state index contributed by atoms with van der Waals surface area (Å²) >= 11 is 0. The molecule has 0 aliphatic heterocycles. The zero-order chi connectivity index (χ0) is 30.7. The van der Waals surface area contributed by atoms with Gasteiger partial charge in [-0.3, -0.25) is 4.57 Å². The van der Waals surface area contributed by atoms with Crippen molar-refractivity contribution in [1.82, 2.24) is 14.5 Å². The first-order valence-electron chi connectivity index (χ1n) is 15.6. The first kappa shape index (κ1) is 28.1. The van der Waals surface area contributed by atoms with E-state index in [-0.39, 0.29) is 17.3 Å². The van der Waals surface area contributed by atoms with Crippen LogP contribution in [0.5, 0.6) is 0 Å². The van der Waals surface area contributed by atoms with Crippen LogP contribution in [-0.4, -0.2) is 14.5 Å². The number of hydrogen-bond acceptors (Lipinski definition) is 3. The number of fused-ring (bicyclic) bond motifs is 4. The number of benzene rings is 4. The fourth-order valence-electron chi connectivity index (χ4n) is 6.31. The van der Waals surface area contributed by atoms with Gasteiger partial charge in [-0.25, -0.2) is 9.97 Å². The molecule has 0 unspecified atom stereocenters. The van der Waals surface area contributed by atoms with Crippen LogP contribution in [0.3, 0.4) is 0 Å². The topological polar surface area (TPSA) is 43.9 Å². The summed E-state index contributed by atoms with van der Waals surface area (Å²) in [5.41, 5.74) is 11.7. The number of hydrogen-bond donors (Lipinski definition) is 0. The van der Waals surface area contributed by atoms with Crippen LogP contribution < -0.4 is 0 Å². The number of imidazole rings is 1. The number of furan rings is 1. The molecule has 4 nitrogen and oxygen atoms in total. The second-order valence-electron chi connectivity index (χ2n) is 13.5. The van der Waals surface area contributed by atoms with E-state index in [2.05, 4.69) is 132 Å². The standard InChI is InChI=1S/C40H39N3O/c1-24(2)32-20-27(26-14-9-8-10-15-26)21-33(25(3)4)36(32)43-38(42-34-22-28(40(5,6)7)23-41-39(34)43)31-18-13-17-30-29-16-11-12-19-35(29)44-37(30)31/h8-25H,1-7H3. The van der Waals surface area contributed by atoms with Gasteiger partial charge in [-0.2, -0.15) is 0 Å². The van der Waals surface area contributed by atoms with Crippen molar-refractivity contribution in [2.24, 2.45) is 0 Å². The third-order valence-electron chi connectivity index (χ3n) is 8.75. The maximum Gasteiger partial charge on any atom is 0.164 e. The Labute approximate surface area is 259 Å². The highest BCUT2D eigenvalue weighted by Gasteiger charge is 2.27. The van der Waals surface area contributed by atoms with Crippen molar-refractivity contribution in [3.8, 4) is 28.2 Å². The summed E-state index contributed by atoms with van der Waals surface area (Å²) in [6.45, 7) is 15.8. The molecule has 3 heterocycles. The van der Waals surface area contributed by atoms with Gasteiger partial charge < -0.3 is 4.42 Å². The van der Waals surface area contributed by atoms with Crippen molar-refractivity contribution in [1.29, 1.82) is 0 Å². The van der Waals surface area contributed by atoms with Gasteiger partial charge in [0, 0.05) is 17.0 Å². The van der Waals surface area contributed by atoms with E-state index in [9.17, 15) is 0 Å². The fraction of sp³-hybridized carbons (Fsp3) is 0.250. The Balaban J connectivity index is 1.61. The average molecular weight is 578 g/mol. The van der Waals surface area contributed by atoms with Crippen LogP contribution >= 0.6 is 0 Å². The Morgan fingerprint density at radius 2 is 1.36 bits per heavy atom. The molecule has 4 heteroatoms. The number of pyridine rings is 1. The highest BCUT2D eigenvalue weighted by Crippen LogP contribution is 2.42. The molecule has 3 aromatic heterocycles. The molecule has 44 heavy (non-hydrogen) atoms. The van der Waals surface area contributed by atoms with E-state index in [0.717, 1.165) is 55.7 Å². The van der Waals surface area contributed by atoms with Crippen molar-refractivity contribution in [2.75, 3.05) is 0 Å². The van der Waals surface area contributed by atoms with Gasteiger partial charge in [0.15, 0.2) is 11.5 Å². The lowest BCUT2D eigenvalue weighted by molar-refractivity contribution is 0.588. The van der Waals surface area contributed by atoms with Crippen LogP contribution in [0.4, 0.5) is 0 Å². The smallest absolute Gasteiger partial charge is 0.164 e. The number of nitrogens with zero attached hydrogens (tertiary/aromatic N) is 3. The molecule has 0 aliphatic carbocycles. The monoisotopic (exact) mass is 577 g/mol. The molecule has 0 amide bonds. The van der Waals surface area contributed by atoms with Gasteiger partial charge in [0.2, 0.25) is 0 Å². The SMILES string of the molecule is CC(C)c1cc(-c2ccccc2)cc(C(C)C)c1-n1c(-c2cccc3c2oc2ccccc23)nc2cc(C(C)(C)C)cnc21. The summed E-state index contributed by atoms with van der Waals surface area (Å²) in [5, 5.41) is 2.20. The van der Waals surface area contributed by atoms with Gasteiger partial charge in [0.25, 0.3) is 0 Å². The molecular formula is C40H39N3O. The summed E-state index contributed by atoms with van der Waals surface area (Å²) in [6, 6.07) is 32.3. The molecular weight excluding hydrogens is 538 g/mol. The summed E-state index contributed by atoms with van der Waals surface area (Å²) in [6.07, 6.45) is 2.02. The summed E-state index contributed by atoms with van der Waals surface area (Å²) in [7, 11) is 0. The quantitative estimate of drug-likeness (QED) is 0.204. The van der Waals surface area contributed by atoms with Gasteiger partial charge >= 0.3 is 0 Å². The molecule has 0 saturated carbocycles. The second-order valence-corrected chi connectivity index (χ2v) is 13.5. The maximum absolute atomic E-state index is 6.56. The largest absolute Gasteiger partial charge is 0.455 e. The third-order valence-corrected chi connectivity index (χ3v) is 8.75. The molecule has 7 rings (SSSR count). The van der Waals surface area contributed by atoms with Crippen molar-refractivity contribution in [3.63, 3.8) is 0 Å². The van der Waals surface area contributed by atoms with Crippen LogP contribution in [0, 0.1) is 0 Å². The Hall–Kier alpha value is -4.70. The second kappa shape index (κ2) is 10.5. The van der Waals surface area contributed by atoms with Gasteiger partial charge in [0.05, 0.1) is 11.3 Å². The maximum atomic E-state index is 6.56. The highest BCUT2D eigenvalue weighted by atomic mass is 16.3. The van der Waals surface area contributed by atoms with Crippen molar-refractivity contribution >= 4 is 33.1 Å². The lowest BCUT2D eigenvalue weighted by atomic mass is 9.88. The molecule has 0 spiro atoms. The van der Waals surface area contributed by atoms with Crippen LogP contribution in [0.1, 0.15) is 77.0 Å². The van der Waals surface area contributed by atoms with E-state index in [1.807, 2.05) is 18.3 Å². The van der Waals surface area contributed by atoms with E-state index in [1.165, 1.54) is 22.3 Å². The zero-order valence-corrected chi connectivity index (χ0v) is 26.6. The van der Waals surface area contributed by atoms with E-state index in [1.54, 1.807) is 0 Å². The first-order valence-corrected chi connectivity index (χ1v) is 15.6. The summed E-state index contributed by atoms with van der Waals surface area (Å²) < 4.78 is 8.87. The van der Waals surface area contributed by atoms with Gasteiger partial charge in [-0.05, 0) is 75.4 Å². The number of para-hydroxylation sites is 2. The highest BCUT2D eigenvalue weighted by molar-refractivity contribution is 6.09. The van der Waals surface area contributed by atoms with Crippen molar-refractivity contribution < 1.29 is 4.42 Å². The third kappa shape index (κ3) is 4.61. The Morgan fingerprint density at radius 1 is 0.705 bits per heavy atom. The van der Waals surface area contributed by atoms with Gasteiger partial charge in [-0.15, -0.1) is 0 Å². The molecule has 0 radical (unpaired) electrons. The minimum atomic E-state index is -0.0482. The minimum absolute atomic E-state index is 0.0482. The minimum Gasteiger partial charge on any atom is -0.455 e. The predicted molar refractivity (Wildman–Crippen MR) is 184 cm³/mol. The molecule has 7 aromatic rings. The van der Waals surface area contributed by atoms with E-state index in [4.69, 9.17) is 14.4 Å². The number of rotatable bonds is 5. The number of aromatic nitrogens is 3. The van der Waals surface area contributed by atoms with Crippen LogP contribution in [0.2, 0.25) is 0 Å². The predicted octanol–water partition coefficient (Wildman–Crippen LogP) is 11.2. The summed E-state index contributed by atoms with van der Waals surface area (Å²) in [4.78, 5) is 10.5. The lowest BCUT2D eigenvalue weighted by Crippen LogP contribution is -2.12. The molecule has 0 N–H and O–H groups in total. The van der Waals surface area contributed by atoms with Crippen LogP contribution in [0.25, 0.3) is 61.3 Å². The average Bonchev–Trinajstić information content (AvgIpc) is 3.58. The van der Waals surface area contributed by atoms with Gasteiger partial charge in [0.1, 0.15) is 16.7 Å². The molecule has 0 fully saturated rings. The summed E-state index contributed by atoms with van der Waals surface area (Å²) in [5.74, 6) is 1.39. The molecule has 220 valence electrons. The van der Waals surface area contributed by atoms with E-state index in [0.29, 0.717) is 0 Å². The van der Waals surface area contributed by atoms with E-state index >= 15 is 0 Å².